The van der Waals surface area contributed by atoms with Crippen LogP contribution in [0.3, 0.4) is 0 Å². The maximum atomic E-state index is 13.0. The number of rotatable bonds is 9. The second-order valence-electron chi connectivity index (χ2n) is 9.27. The first-order chi connectivity index (χ1) is 17.7. The third-order valence-corrected chi connectivity index (χ3v) is 7.06. The normalized spacial score (nSPS) is 16.6. The van der Waals surface area contributed by atoms with Crippen LogP contribution in [0.5, 0.6) is 11.5 Å². The van der Waals surface area contributed by atoms with E-state index in [-0.39, 0.29) is 6.04 Å². The summed E-state index contributed by atoms with van der Waals surface area (Å²) in [5, 5.41) is 0. The summed E-state index contributed by atoms with van der Waals surface area (Å²) in [6.07, 6.45) is -2.39. The van der Waals surface area contributed by atoms with Crippen molar-refractivity contribution in [2.75, 3.05) is 27.3 Å². The Hall–Kier alpha value is -3.52. The number of ether oxygens (including phenoxy) is 2. The van der Waals surface area contributed by atoms with Gasteiger partial charge in [-0.15, -0.1) is 0 Å². The van der Waals surface area contributed by atoms with Gasteiger partial charge in [0.15, 0.2) is 11.5 Å². The average Bonchev–Trinajstić information content (AvgIpc) is 2.89. The first-order valence-corrected chi connectivity index (χ1v) is 12.2. The number of carbonyl (C=O) groups is 1. The number of benzene rings is 3. The summed E-state index contributed by atoms with van der Waals surface area (Å²) < 4.78 is 50.1. The zero-order valence-corrected chi connectivity index (χ0v) is 20.9. The Morgan fingerprint density at radius 2 is 1.68 bits per heavy atom. The maximum absolute atomic E-state index is 13.0. The molecule has 37 heavy (non-hydrogen) atoms. The Kier molecular flexibility index (Phi) is 8.07. The quantitative estimate of drug-likeness (QED) is 0.410. The van der Waals surface area contributed by atoms with Gasteiger partial charge in [-0.25, -0.2) is 0 Å². The predicted octanol–water partition coefficient (Wildman–Crippen LogP) is 5.52. The van der Waals surface area contributed by atoms with Gasteiger partial charge in [-0.05, 0) is 65.8 Å². The SMILES string of the molecule is COc1cc2c(cc1OC)[C@H](CCc1ccc(C(F)(F)F)cc1)N(C[C@H](C(N)=O)c1ccccc1)CC2. The number of nitrogens with zero attached hydrogens (tertiary/aromatic N) is 1. The van der Waals surface area contributed by atoms with E-state index in [1.54, 1.807) is 14.2 Å². The molecule has 3 aromatic carbocycles. The molecule has 0 radical (unpaired) electrons. The second kappa shape index (κ2) is 11.3. The molecule has 0 aliphatic carbocycles. The fraction of sp³-hybridized carbons (Fsp3) is 0.345. The molecule has 0 aromatic heterocycles. The third kappa shape index (κ3) is 6.07. The van der Waals surface area contributed by atoms with Crippen LogP contribution in [-0.2, 0) is 23.8 Å². The van der Waals surface area contributed by atoms with Crippen LogP contribution < -0.4 is 15.2 Å². The molecular formula is C29H31F3N2O3. The number of methoxy groups -OCH3 is 2. The lowest BCUT2D eigenvalue weighted by Crippen LogP contribution is -2.41. The Morgan fingerprint density at radius 3 is 2.27 bits per heavy atom. The van der Waals surface area contributed by atoms with E-state index in [0.29, 0.717) is 37.4 Å². The summed E-state index contributed by atoms with van der Waals surface area (Å²) in [6.45, 7) is 1.14. The molecule has 2 atom stereocenters. The van der Waals surface area contributed by atoms with Gasteiger partial charge in [0, 0.05) is 19.1 Å². The molecule has 196 valence electrons. The number of fused-ring (bicyclic) bond motifs is 1. The van der Waals surface area contributed by atoms with Crippen LogP contribution in [0, 0.1) is 0 Å². The zero-order chi connectivity index (χ0) is 26.6. The van der Waals surface area contributed by atoms with Gasteiger partial charge >= 0.3 is 6.18 Å². The summed E-state index contributed by atoms with van der Waals surface area (Å²) in [5.41, 5.74) is 9.03. The molecule has 2 N–H and O–H groups in total. The largest absolute Gasteiger partial charge is 0.493 e. The third-order valence-electron chi connectivity index (χ3n) is 7.06. The van der Waals surface area contributed by atoms with Crippen LogP contribution in [0.2, 0.25) is 0 Å². The van der Waals surface area contributed by atoms with Gasteiger partial charge < -0.3 is 15.2 Å². The van der Waals surface area contributed by atoms with E-state index in [4.69, 9.17) is 15.2 Å². The molecule has 8 heteroatoms. The number of carbonyl (C=O) groups excluding carboxylic acids is 1. The van der Waals surface area contributed by atoms with Gasteiger partial charge in [-0.2, -0.15) is 13.2 Å². The van der Waals surface area contributed by atoms with Crippen molar-refractivity contribution in [3.8, 4) is 11.5 Å². The minimum absolute atomic E-state index is 0.0867. The van der Waals surface area contributed by atoms with Crippen LogP contribution in [0.25, 0.3) is 0 Å². The van der Waals surface area contributed by atoms with Crippen molar-refractivity contribution in [1.82, 2.24) is 4.90 Å². The number of alkyl halides is 3. The summed E-state index contributed by atoms with van der Waals surface area (Å²) in [5.74, 6) is 0.370. The lowest BCUT2D eigenvalue weighted by atomic mass is 9.86. The Bertz CT molecular complexity index is 1210. The molecule has 5 nitrogen and oxygen atoms in total. The summed E-state index contributed by atoms with van der Waals surface area (Å²) in [7, 11) is 3.18. The fourth-order valence-corrected chi connectivity index (χ4v) is 5.08. The van der Waals surface area contributed by atoms with Gasteiger partial charge in [0.2, 0.25) is 5.91 Å². The standard InChI is InChI=1S/C29H31F3N2O3/c1-36-26-16-21-14-15-34(18-24(28(33)35)20-6-4-3-5-7-20)25(23(21)17-27(26)37-2)13-10-19-8-11-22(12-9-19)29(30,31)32/h3-9,11-12,16-17,24-25H,10,13-15,18H2,1-2H3,(H2,33,35)/t24-,25-/m0/s1. The second-order valence-corrected chi connectivity index (χ2v) is 9.27. The van der Waals surface area contributed by atoms with Gasteiger partial charge in [0.1, 0.15) is 0 Å². The number of primary amides is 1. The van der Waals surface area contributed by atoms with Gasteiger partial charge in [-0.1, -0.05) is 42.5 Å². The number of hydrogen-bond donors (Lipinski definition) is 1. The van der Waals surface area contributed by atoms with Crippen molar-refractivity contribution in [1.29, 1.82) is 0 Å². The molecule has 1 aliphatic rings. The van der Waals surface area contributed by atoms with Crippen molar-refractivity contribution in [3.05, 3.63) is 94.5 Å². The highest BCUT2D eigenvalue weighted by atomic mass is 19.4. The van der Waals surface area contributed by atoms with E-state index in [1.165, 1.54) is 12.1 Å². The molecule has 0 bridgehead atoms. The zero-order valence-electron chi connectivity index (χ0n) is 20.9. The molecule has 1 heterocycles. The molecule has 0 spiro atoms. The number of aryl methyl sites for hydroxylation is 1. The van der Waals surface area contributed by atoms with Crippen molar-refractivity contribution in [2.24, 2.45) is 5.73 Å². The Morgan fingerprint density at radius 1 is 1.03 bits per heavy atom. The molecule has 0 fully saturated rings. The molecule has 0 unspecified atom stereocenters. The summed E-state index contributed by atoms with van der Waals surface area (Å²) in [4.78, 5) is 14.7. The minimum Gasteiger partial charge on any atom is -0.493 e. The van der Waals surface area contributed by atoms with E-state index in [0.717, 1.165) is 40.8 Å². The summed E-state index contributed by atoms with van der Waals surface area (Å²) >= 11 is 0. The van der Waals surface area contributed by atoms with Crippen molar-refractivity contribution in [2.45, 2.75) is 37.4 Å². The van der Waals surface area contributed by atoms with Crippen LogP contribution in [-0.4, -0.2) is 38.1 Å². The Balaban J connectivity index is 1.65. The minimum atomic E-state index is -4.37. The number of halogens is 3. The molecule has 4 rings (SSSR count). The lowest BCUT2D eigenvalue weighted by molar-refractivity contribution is -0.137. The highest BCUT2D eigenvalue weighted by molar-refractivity contribution is 5.82. The lowest BCUT2D eigenvalue weighted by Gasteiger charge is -2.39. The van der Waals surface area contributed by atoms with Gasteiger partial charge in [-0.3, -0.25) is 9.69 Å². The smallest absolute Gasteiger partial charge is 0.416 e. The van der Waals surface area contributed by atoms with Crippen molar-refractivity contribution < 1.29 is 27.4 Å². The van der Waals surface area contributed by atoms with Crippen molar-refractivity contribution >= 4 is 5.91 Å². The molecule has 0 saturated carbocycles. The number of nitrogens with two attached hydrogens (primary N) is 1. The number of amides is 1. The molecule has 3 aromatic rings. The van der Waals surface area contributed by atoms with Crippen LogP contribution in [0.15, 0.2) is 66.7 Å². The monoisotopic (exact) mass is 512 g/mol. The highest BCUT2D eigenvalue weighted by Gasteiger charge is 2.33. The van der Waals surface area contributed by atoms with E-state index < -0.39 is 23.6 Å². The van der Waals surface area contributed by atoms with E-state index in [9.17, 15) is 18.0 Å². The van der Waals surface area contributed by atoms with Crippen LogP contribution in [0.1, 0.15) is 46.2 Å². The topological polar surface area (TPSA) is 64.8 Å². The fourth-order valence-electron chi connectivity index (χ4n) is 5.08. The summed E-state index contributed by atoms with van der Waals surface area (Å²) in [6, 6.07) is 18.6. The van der Waals surface area contributed by atoms with Crippen LogP contribution >= 0.6 is 0 Å². The number of hydrogen-bond acceptors (Lipinski definition) is 4. The first-order valence-electron chi connectivity index (χ1n) is 12.2. The Labute approximate surface area is 215 Å². The molecule has 0 saturated heterocycles. The molecule has 1 amide bonds. The van der Waals surface area contributed by atoms with Gasteiger partial charge in [0.25, 0.3) is 0 Å². The van der Waals surface area contributed by atoms with Crippen molar-refractivity contribution in [3.63, 3.8) is 0 Å². The predicted molar refractivity (Wildman–Crippen MR) is 136 cm³/mol. The van der Waals surface area contributed by atoms with E-state index in [2.05, 4.69) is 4.90 Å². The molecule has 1 aliphatic heterocycles. The first kappa shape index (κ1) is 26.5. The van der Waals surface area contributed by atoms with Crippen LogP contribution in [0.4, 0.5) is 13.2 Å². The average molecular weight is 513 g/mol. The molecular weight excluding hydrogens is 481 g/mol. The van der Waals surface area contributed by atoms with E-state index >= 15 is 0 Å². The van der Waals surface area contributed by atoms with E-state index in [1.807, 2.05) is 42.5 Å². The highest BCUT2D eigenvalue weighted by Crippen LogP contribution is 2.41. The maximum Gasteiger partial charge on any atom is 0.416 e. The van der Waals surface area contributed by atoms with Gasteiger partial charge in [0.05, 0.1) is 25.7 Å².